The molecule has 0 aliphatic carbocycles. The molecule has 1 aromatic rings. The number of hydrogen-bond acceptors (Lipinski definition) is 1. The number of nitrogens with zero attached hydrogens (tertiary/aromatic N) is 3. The number of halogens is 1. The molecule has 0 amide bonds. The van der Waals surface area contributed by atoms with Crippen LogP contribution in [0.3, 0.4) is 0 Å². The van der Waals surface area contributed by atoms with Crippen molar-refractivity contribution >= 4 is 5.70 Å². The highest BCUT2D eigenvalue weighted by Crippen LogP contribution is 2.13. The summed E-state index contributed by atoms with van der Waals surface area (Å²) < 4.78 is 12.4. The van der Waals surface area contributed by atoms with Crippen molar-refractivity contribution in [2.45, 2.75) is 0 Å². The molecule has 0 bridgehead atoms. The van der Waals surface area contributed by atoms with E-state index >= 15 is 0 Å². The van der Waals surface area contributed by atoms with Gasteiger partial charge in [0.25, 0.3) is 0 Å². The molecule has 0 radical (unpaired) electrons. The lowest BCUT2D eigenvalue weighted by Crippen LogP contribution is -1.78. The molecule has 0 aliphatic rings. The molecular weight excluding hydrogens is 157 g/mol. The van der Waals surface area contributed by atoms with E-state index in [4.69, 9.17) is 5.53 Å². The maximum Gasteiger partial charge on any atom is 0.123 e. The van der Waals surface area contributed by atoms with Crippen molar-refractivity contribution in [3.05, 3.63) is 52.7 Å². The van der Waals surface area contributed by atoms with Crippen LogP contribution in [0.5, 0.6) is 0 Å². The predicted molar refractivity (Wildman–Crippen MR) is 44.6 cm³/mol. The van der Waals surface area contributed by atoms with Gasteiger partial charge in [-0.2, -0.15) is 0 Å². The molecule has 0 fully saturated rings. The van der Waals surface area contributed by atoms with E-state index in [1.54, 1.807) is 0 Å². The highest BCUT2D eigenvalue weighted by molar-refractivity contribution is 5.61. The molecule has 0 saturated heterocycles. The van der Waals surface area contributed by atoms with Gasteiger partial charge >= 0.3 is 0 Å². The molecule has 0 saturated carbocycles. The van der Waals surface area contributed by atoms with Crippen LogP contribution in [0.15, 0.2) is 36.0 Å². The smallest absolute Gasteiger partial charge is 0.123 e. The van der Waals surface area contributed by atoms with Crippen LogP contribution < -0.4 is 0 Å². The Morgan fingerprint density at radius 2 is 2.00 bits per heavy atom. The van der Waals surface area contributed by atoms with Gasteiger partial charge in [0.2, 0.25) is 0 Å². The Hall–Kier alpha value is -1.80. The Morgan fingerprint density at radius 1 is 1.42 bits per heavy atom. The van der Waals surface area contributed by atoms with E-state index in [0.29, 0.717) is 5.56 Å². The van der Waals surface area contributed by atoms with E-state index in [-0.39, 0.29) is 11.5 Å². The fourth-order valence-electron chi connectivity index (χ4n) is 0.754. The summed E-state index contributed by atoms with van der Waals surface area (Å²) in [7, 11) is 0. The lowest BCUT2D eigenvalue weighted by molar-refractivity contribution is 0.627. The Labute approximate surface area is 68.8 Å². The van der Waals surface area contributed by atoms with Gasteiger partial charge in [0.15, 0.2) is 0 Å². The van der Waals surface area contributed by atoms with Crippen LogP contribution in [-0.4, -0.2) is 0 Å². The van der Waals surface area contributed by atoms with Crippen molar-refractivity contribution < 1.29 is 4.39 Å². The summed E-state index contributed by atoms with van der Waals surface area (Å²) in [5.41, 5.74) is 8.98. The minimum absolute atomic E-state index is 0.289. The van der Waals surface area contributed by atoms with Crippen LogP contribution in [0, 0.1) is 5.82 Å². The fourth-order valence-corrected chi connectivity index (χ4v) is 0.754. The van der Waals surface area contributed by atoms with Gasteiger partial charge in [0.1, 0.15) is 5.82 Å². The largest absolute Gasteiger partial charge is 0.207 e. The zero-order valence-corrected chi connectivity index (χ0v) is 6.24. The zero-order chi connectivity index (χ0) is 8.97. The monoisotopic (exact) mass is 163 g/mol. The normalized spacial score (nSPS) is 8.75. The Kier molecular flexibility index (Phi) is 2.46. The molecule has 0 N–H and O–H groups in total. The molecule has 1 rings (SSSR count). The molecule has 0 heterocycles. The van der Waals surface area contributed by atoms with Crippen molar-refractivity contribution in [2.24, 2.45) is 5.11 Å². The molecule has 1 aromatic carbocycles. The van der Waals surface area contributed by atoms with Crippen molar-refractivity contribution in [3.63, 3.8) is 0 Å². The van der Waals surface area contributed by atoms with Gasteiger partial charge in [0.05, 0.1) is 0 Å². The SMILES string of the molecule is C=C(N=[N+]=[N-])c1ccc(F)cc1. The zero-order valence-electron chi connectivity index (χ0n) is 6.24. The van der Waals surface area contributed by atoms with Crippen LogP contribution in [0.25, 0.3) is 16.1 Å². The second kappa shape index (κ2) is 3.55. The van der Waals surface area contributed by atoms with Gasteiger partial charge in [0, 0.05) is 10.6 Å². The molecule has 0 unspecified atom stereocenters. The lowest BCUT2D eigenvalue weighted by Gasteiger charge is -1.96. The third-order valence-corrected chi connectivity index (χ3v) is 1.34. The molecule has 4 heteroatoms. The molecule has 0 aromatic heterocycles. The van der Waals surface area contributed by atoms with E-state index in [1.165, 1.54) is 24.3 Å². The molecular formula is C8H6FN3. The third kappa shape index (κ3) is 1.84. The van der Waals surface area contributed by atoms with Crippen LogP contribution in [0.4, 0.5) is 4.39 Å². The van der Waals surface area contributed by atoms with E-state index in [0.717, 1.165) is 0 Å². The van der Waals surface area contributed by atoms with Crippen LogP contribution in [0.1, 0.15) is 5.56 Å². The van der Waals surface area contributed by atoms with E-state index < -0.39 is 0 Å². The van der Waals surface area contributed by atoms with Gasteiger partial charge < -0.3 is 0 Å². The quantitative estimate of drug-likeness (QED) is 0.365. The first-order valence-corrected chi connectivity index (χ1v) is 3.24. The molecule has 0 atom stereocenters. The highest BCUT2D eigenvalue weighted by atomic mass is 19.1. The summed E-state index contributed by atoms with van der Waals surface area (Å²) >= 11 is 0. The average Bonchev–Trinajstić information content (AvgIpc) is 2.06. The molecule has 60 valence electrons. The first kappa shape index (κ1) is 8.30. The van der Waals surface area contributed by atoms with Gasteiger partial charge in [-0.1, -0.05) is 23.8 Å². The molecule has 3 nitrogen and oxygen atoms in total. The number of rotatable bonds is 2. The fraction of sp³-hybridized carbons (Fsp3) is 0. The summed E-state index contributed by atoms with van der Waals surface area (Å²) in [6, 6.07) is 5.58. The summed E-state index contributed by atoms with van der Waals surface area (Å²) in [6.45, 7) is 3.50. The second-order valence-corrected chi connectivity index (χ2v) is 2.14. The minimum atomic E-state index is -0.326. The van der Waals surface area contributed by atoms with Crippen molar-refractivity contribution in [3.8, 4) is 0 Å². The average molecular weight is 163 g/mol. The summed E-state index contributed by atoms with van der Waals surface area (Å²) in [5, 5.41) is 3.29. The Morgan fingerprint density at radius 3 is 2.50 bits per heavy atom. The second-order valence-electron chi connectivity index (χ2n) is 2.14. The predicted octanol–water partition coefficient (Wildman–Crippen LogP) is 3.11. The van der Waals surface area contributed by atoms with Gasteiger partial charge in [-0.05, 0) is 23.2 Å². The Bertz CT molecular complexity index is 336. The topological polar surface area (TPSA) is 48.8 Å². The summed E-state index contributed by atoms with van der Waals surface area (Å²) in [5.74, 6) is -0.326. The summed E-state index contributed by atoms with van der Waals surface area (Å²) in [4.78, 5) is 2.57. The lowest BCUT2D eigenvalue weighted by atomic mass is 10.2. The standard InChI is InChI=1S/C8H6FN3/c1-6(11-12-10)7-2-4-8(9)5-3-7/h2-5H,1H2. The van der Waals surface area contributed by atoms with Crippen LogP contribution in [-0.2, 0) is 0 Å². The summed E-state index contributed by atoms with van der Waals surface area (Å²) in [6.07, 6.45) is 0. The minimum Gasteiger partial charge on any atom is -0.207 e. The third-order valence-electron chi connectivity index (χ3n) is 1.34. The number of benzene rings is 1. The van der Waals surface area contributed by atoms with Crippen LogP contribution >= 0.6 is 0 Å². The molecule has 0 aliphatic heterocycles. The Balaban J connectivity index is 2.97. The van der Waals surface area contributed by atoms with Crippen molar-refractivity contribution in [1.82, 2.24) is 0 Å². The van der Waals surface area contributed by atoms with Gasteiger partial charge in [-0.15, -0.1) is 0 Å². The highest BCUT2D eigenvalue weighted by Gasteiger charge is 1.95. The molecule has 0 spiro atoms. The van der Waals surface area contributed by atoms with Crippen molar-refractivity contribution in [1.29, 1.82) is 0 Å². The molecule has 12 heavy (non-hydrogen) atoms. The van der Waals surface area contributed by atoms with E-state index in [1.807, 2.05) is 0 Å². The van der Waals surface area contributed by atoms with Crippen molar-refractivity contribution in [2.75, 3.05) is 0 Å². The number of hydrogen-bond donors (Lipinski definition) is 0. The van der Waals surface area contributed by atoms with E-state index in [9.17, 15) is 4.39 Å². The van der Waals surface area contributed by atoms with Gasteiger partial charge in [-0.25, -0.2) is 4.39 Å². The van der Waals surface area contributed by atoms with Crippen LogP contribution in [0.2, 0.25) is 0 Å². The first-order valence-electron chi connectivity index (χ1n) is 3.24. The maximum absolute atomic E-state index is 12.4. The van der Waals surface area contributed by atoms with Gasteiger partial charge in [-0.3, -0.25) is 0 Å². The first-order chi connectivity index (χ1) is 5.74. The number of azide groups is 1. The maximum atomic E-state index is 12.4. The van der Waals surface area contributed by atoms with E-state index in [2.05, 4.69) is 16.6 Å².